The normalized spacial score (nSPS) is 22.6. The molecular weight excluding hydrogens is 250 g/mol. The molecule has 0 unspecified atom stereocenters. The summed E-state index contributed by atoms with van der Waals surface area (Å²) in [6, 6.07) is 8.11. The molecule has 0 heterocycles. The van der Waals surface area contributed by atoms with Gasteiger partial charge in [-0.25, -0.2) is 4.79 Å². The number of ether oxygens (including phenoxy) is 1. The molecule has 0 saturated heterocycles. The number of carbonyl (C=O) groups is 1. The molecule has 110 valence electrons. The summed E-state index contributed by atoms with van der Waals surface area (Å²) >= 11 is 0. The standard InChI is InChI=1S/C17H25NO2/c1-12(2)13-4-8-15(9-5-13)18-16-10-6-14(7-11-16)17(19)20-3/h6-7,10-13,15,18H,4-5,8-9H2,1-3H3. The van der Waals surface area contributed by atoms with Crippen molar-refractivity contribution >= 4 is 11.7 Å². The molecule has 2 rings (SSSR count). The van der Waals surface area contributed by atoms with Crippen LogP contribution in [0.4, 0.5) is 5.69 Å². The molecule has 1 aliphatic carbocycles. The van der Waals surface area contributed by atoms with Gasteiger partial charge < -0.3 is 10.1 Å². The highest BCUT2D eigenvalue weighted by Crippen LogP contribution is 2.31. The van der Waals surface area contributed by atoms with E-state index in [1.54, 1.807) is 0 Å². The molecular formula is C17H25NO2. The van der Waals surface area contributed by atoms with Crippen LogP contribution in [0.3, 0.4) is 0 Å². The van der Waals surface area contributed by atoms with Gasteiger partial charge in [0.2, 0.25) is 0 Å². The van der Waals surface area contributed by atoms with Gasteiger partial charge in [0.15, 0.2) is 0 Å². The first-order chi connectivity index (χ1) is 9.60. The summed E-state index contributed by atoms with van der Waals surface area (Å²) in [6.45, 7) is 4.65. The molecule has 1 N–H and O–H groups in total. The SMILES string of the molecule is COC(=O)c1ccc(NC2CCC(C(C)C)CC2)cc1. The lowest BCUT2D eigenvalue weighted by Gasteiger charge is -2.31. The van der Waals surface area contributed by atoms with E-state index in [2.05, 4.69) is 19.2 Å². The average Bonchev–Trinajstić information content (AvgIpc) is 2.48. The predicted octanol–water partition coefficient (Wildman–Crippen LogP) is 4.10. The molecule has 0 amide bonds. The maximum atomic E-state index is 11.4. The fourth-order valence-corrected chi connectivity index (χ4v) is 2.99. The number of carbonyl (C=O) groups excluding carboxylic acids is 1. The summed E-state index contributed by atoms with van der Waals surface area (Å²) in [5, 5.41) is 3.57. The second-order valence-electron chi connectivity index (χ2n) is 6.07. The molecule has 1 fully saturated rings. The summed E-state index contributed by atoms with van der Waals surface area (Å²) < 4.78 is 4.70. The summed E-state index contributed by atoms with van der Waals surface area (Å²) in [7, 11) is 1.40. The van der Waals surface area contributed by atoms with Crippen molar-refractivity contribution in [2.24, 2.45) is 11.8 Å². The van der Waals surface area contributed by atoms with Crippen LogP contribution in [0.25, 0.3) is 0 Å². The minimum absolute atomic E-state index is 0.283. The Hall–Kier alpha value is -1.51. The molecule has 0 radical (unpaired) electrons. The van der Waals surface area contributed by atoms with Crippen LogP contribution in [-0.2, 0) is 4.74 Å². The molecule has 3 nitrogen and oxygen atoms in total. The lowest BCUT2D eigenvalue weighted by atomic mass is 9.79. The Morgan fingerprint density at radius 1 is 1.15 bits per heavy atom. The Morgan fingerprint density at radius 2 is 1.75 bits per heavy atom. The summed E-state index contributed by atoms with van der Waals surface area (Å²) in [4.78, 5) is 11.4. The maximum Gasteiger partial charge on any atom is 0.337 e. The molecule has 0 spiro atoms. The molecule has 1 saturated carbocycles. The van der Waals surface area contributed by atoms with Crippen LogP contribution in [0, 0.1) is 11.8 Å². The third kappa shape index (κ3) is 3.75. The van der Waals surface area contributed by atoms with E-state index in [1.807, 2.05) is 24.3 Å². The van der Waals surface area contributed by atoms with Crippen LogP contribution in [0.15, 0.2) is 24.3 Å². The number of esters is 1. The van der Waals surface area contributed by atoms with E-state index in [0.29, 0.717) is 11.6 Å². The van der Waals surface area contributed by atoms with Crippen molar-refractivity contribution in [3.05, 3.63) is 29.8 Å². The molecule has 0 aliphatic heterocycles. The molecule has 20 heavy (non-hydrogen) atoms. The van der Waals surface area contributed by atoms with E-state index in [1.165, 1.54) is 32.8 Å². The van der Waals surface area contributed by atoms with Gasteiger partial charge in [-0.1, -0.05) is 13.8 Å². The van der Waals surface area contributed by atoms with Crippen LogP contribution < -0.4 is 5.32 Å². The largest absolute Gasteiger partial charge is 0.465 e. The molecule has 3 heteroatoms. The molecule has 0 bridgehead atoms. The Bertz CT molecular complexity index is 431. The third-order valence-corrected chi connectivity index (χ3v) is 4.39. The second-order valence-corrected chi connectivity index (χ2v) is 6.07. The number of hydrogen-bond donors (Lipinski definition) is 1. The van der Waals surface area contributed by atoms with Gasteiger partial charge in [-0.2, -0.15) is 0 Å². The zero-order valence-electron chi connectivity index (χ0n) is 12.7. The minimum Gasteiger partial charge on any atom is -0.465 e. The fourth-order valence-electron chi connectivity index (χ4n) is 2.99. The Morgan fingerprint density at radius 3 is 2.25 bits per heavy atom. The number of methoxy groups -OCH3 is 1. The second kappa shape index (κ2) is 6.78. The Balaban J connectivity index is 1.87. The van der Waals surface area contributed by atoms with Crippen molar-refractivity contribution in [2.45, 2.75) is 45.6 Å². The van der Waals surface area contributed by atoms with E-state index in [9.17, 15) is 4.79 Å². The van der Waals surface area contributed by atoms with Gasteiger partial charge in [-0.15, -0.1) is 0 Å². The van der Waals surface area contributed by atoms with Crippen molar-refractivity contribution in [1.29, 1.82) is 0 Å². The number of nitrogens with one attached hydrogen (secondary N) is 1. The summed E-state index contributed by atoms with van der Waals surface area (Å²) in [5.41, 5.74) is 1.69. The maximum absolute atomic E-state index is 11.4. The van der Waals surface area contributed by atoms with Crippen LogP contribution in [0.2, 0.25) is 0 Å². The van der Waals surface area contributed by atoms with Crippen molar-refractivity contribution in [1.82, 2.24) is 0 Å². The van der Waals surface area contributed by atoms with E-state index >= 15 is 0 Å². The highest BCUT2D eigenvalue weighted by molar-refractivity contribution is 5.89. The smallest absolute Gasteiger partial charge is 0.337 e. The number of benzene rings is 1. The quantitative estimate of drug-likeness (QED) is 0.841. The molecule has 1 aromatic rings. The van der Waals surface area contributed by atoms with Crippen molar-refractivity contribution in [2.75, 3.05) is 12.4 Å². The van der Waals surface area contributed by atoms with Crippen molar-refractivity contribution < 1.29 is 9.53 Å². The predicted molar refractivity (Wildman–Crippen MR) is 82.0 cm³/mol. The topological polar surface area (TPSA) is 38.3 Å². The van der Waals surface area contributed by atoms with Gasteiger partial charge in [-0.05, 0) is 61.8 Å². The average molecular weight is 275 g/mol. The fraction of sp³-hybridized carbons (Fsp3) is 0.588. The number of anilines is 1. The highest BCUT2D eigenvalue weighted by Gasteiger charge is 2.22. The first-order valence-corrected chi connectivity index (χ1v) is 7.55. The first-order valence-electron chi connectivity index (χ1n) is 7.55. The van der Waals surface area contributed by atoms with Crippen LogP contribution in [0.5, 0.6) is 0 Å². The van der Waals surface area contributed by atoms with E-state index < -0.39 is 0 Å². The lowest BCUT2D eigenvalue weighted by Crippen LogP contribution is -2.27. The van der Waals surface area contributed by atoms with Gasteiger partial charge in [0, 0.05) is 11.7 Å². The van der Waals surface area contributed by atoms with Crippen molar-refractivity contribution in [3.63, 3.8) is 0 Å². The van der Waals surface area contributed by atoms with E-state index in [0.717, 1.165) is 17.5 Å². The van der Waals surface area contributed by atoms with Crippen molar-refractivity contribution in [3.8, 4) is 0 Å². The summed E-state index contributed by atoms with van der Waals surface area (Å²) in [5.74, 6) is 1.40. The zero-order chi connectivity index (χ0) is 14.5. The van der Waals surface area contributed by atoms with Gasteiger partial charge in [-0.3, -0.25) is 0 Å². The van der Waals surface area contributed by atoms with Crippen LogP contribution >= 0.6 is 0 Å². The van der Waals surface area contributed by atoms with Crippen LogP contribution in [-0.4, -0.2) is 19.1 Å². The summed E-state index contributed by atoms with van der Waals surface area (Å²) in [6.07, 6.45) is 5.11. The zero-order valence-corrected chi connectivity index (χ0v) is 12.7. The van der Waals surface area contributed by atoms with E-state index in [-0.39, 0.29) is 5.97 Å². The molecule has 0 atom stereocenters. The minimum atomic E-state index is -0.283. The van der Waals surface area contributed by atoms with Crippen LogP contribution in [0.1, 0.15) is 49.9 Å². The third-order valence-electron chi connectivity index (χ3n) is 4.39. The Kier molecular flexibility index (Phi) is 5.05. The molecule has 1 aliphatic rings. The monoisotopic (exact) mass is 275 g/mol. The number of rotatable bonds is 4. The highest BCUT2D eigenvalue weighted by atomic mass is 16.5. The molecule has 0 aromatic heterocycles. The van der Waals surface area contributed by atoms with Gasteiger partial charge in [0.25, 0.3) is 0 Å². The van der Waals surface area contributed by atoms with E-state index in [4.69, 9.17) is 4.74 Å². The Labute approximate surface area is 121 Å². The first kappa shape index (κ1) is 14.9. The van der Waals surface area contributed by atoms with Gasteiger partial charge >= 0.3 is 5.97 Å². The molecule has 1 aromatic carbocycles. The van der Waals surface area contributed by atoms with Gasteiger partial charge in [0.1, 0.15) is 0 Å². The lowest BCUT2D eigenvalue weighted by molar-refractivity contribution is 0.0601. The number of hydrogen-bond acceptors (Lipinski definition) is 3. The van der Waals surface area contributed by atoms with Gasteiger partial charge in [0.05, 0.1) is 12.7 Å².